The summed E-state index contributed by atoms with van der Waals surface area (Å²) in [5, 5.41) is 15.0. The molecule has 0 bridgehead atoms. The van der Waals surface area contributed by atoms with Gasteiger partial charge in [0.15, 0.2) is 0 Å². The number of aliphatic hydroxyl groups is 1. The Labute approximate surface area is 122 Å². The van der Waals surface area contributed by atoms with Crippen LogP contribution in [0.3, 0.4) is 0 Å². The number of likely N-dealkylation sites (tertiary alicyclic amines) is 1. The van der Waals surface area contributed by atoms with Crippen LogP contribution in [0, 0.1) is 5.41 Å². The van der Waals surface area contributed by atoms with E-state index in [0.29, 0.717) is 0 Å². The van der Waals surface area contributed by atoms with Crippen LogP contribution < -0.4 is 0 Å². The topological polar surface area (TPSA) is 45.1 Å². The average molecular weight is 280 g/mol. The third-order valence-corrected chi connectivity index (χ3v) is 4.64. The van der Waals surface area contributed by atoms with Gasteiger partial charge in [-0.15, -0.1) is 0 Å². The highest BCUT2D eigenvalue weighted by molar-refractivity contribution is 6.00. The van der Waals surface area contributed by atoms with Crippen molar-refractivity contribution in [1.82, 2.24) is 4.90 Å². The molecular formula is C16H28N2O2. The maximum atomic E-state index is 10.9. The molecule has 0 radical (unpaired) electrons. The second-order valence-electron chi connectivity index (χ2n) is 6.77. The highest BCUT2D eigenvalue weighted by Crippen LogP contribution is 2.35. The summed E-state index contributed by atoms with van der Waals surface area (Å²) >= 11 is 0. The zero-order valence-corrected chi connectivity index (χ0v) is 13.2. The minimum Gasteiger partial charge on any atom is -0.399 e. The van der Waals surface area contributed by atoms with Gasteiger partial charge >= 0.3 is 0 Å². The Balaban J connectivity index is 2.31. The predicted molar refractivity (Wildman–Crippen MR) is 81.8 cm³/mol. The van der Waals surface area contributed by atoms with Crippen molar-refractivity contribution >= 4 is 5.71 Å². The summed E-state index contributed by atoms with van der Waals surface area (Å²) < 4.78 is 0. The van der Waals surface area contributed by atoms with Gasteiger partial charge in [0, 0.05) is 6.42 Å². The van der Waals surface area contributed by atoms with Crippen molar-refractivity contribution in [2.24, 2.45) is 10.6 Å². The molecule has 2 aliphatic rings. The van der Waals surface area contributed by atoms with Gasteiger partial charge in [-0.25, -0.2) is 0 Å². The van der Waals surface area contributed by atoms with Crippen LogP contribution in [-0.2, 0) is 4.84 Å². The molecule has 0 spiro atoms. The third kappa shape index (κ3) is 3.23. The molecule has 20 heavy (non-hydrogen) atoms. The summed E-state index contributed by atoms with van der Waals surface area (Å²) in [5.41, 5.74) is 1.89. The summed E-state index contributed by atoms with van der Waals surface area (Å²) in [6, 6.07) is 0.0925. The number of nitrogens with zero attached hydrogens (tertiary/aromatic N) is 2. The third-order valence-electron chi connectivity index (χ3n) is 4.64. The van der Waals surface area contributed by atoms with Crippen LogP contribution in [0.15, 0.2) is 16.8 Å². The highest BCUT2D eigenvalue weighted by Gasteiger charge is 2.40. The molecule has 0 saturated carbocycles. The van der Waals surface area contributed by atoms with Gasteiger partial charge in [-0.2, -0.15) is 0 Å². The SMILES string of the molecule is CO/N=C1\CC(C)(C)C(O)C(N2CCCCC2)C=C1C. The van der Waals surface area contributed by atoms with E-state index < -0.39 is 0 Å². The second kappa shape index (κ2) is 6.27. The largest absolute Gasteiger partial charge is 0.399 e. The summed E-state index contributed by atoms with van der Waals surface area (Å²) in [6.07, 6.45) is 6.32. The van der Waals surface area contributed by atoms with Gasteiger partial charge in [0.2, 0.25) is 0 Å². The number of aliphatic hydroxyl groups excluding tert-OH is 1. The van der Waals surface area contributed by atoms with Crippen LogP contribution in [0.25, 0.3) is 0 Å². The second-order valence-corrected chi connectivity index (χ2v) is 6.77. The van der Waals surface area contributed by atoms with Crippen LogP contribution >= 0.6 is 0 Å². The van der Waals surface area contributed by atoms with Crippen LogP contribution in [0.4, 0.5) is 0 Å². The summed E-state index contributed by atoms with van der Waals surface area (Å²) in [5.74, 6) is 0. The molecule has 1 aliphatic carbocycles. The monoisotopic (exact) mass is 280 g/mol. The smallest absolute Gasteiger partial charge is 0.106 e. The molecule has 0 aromatic heterocycles. The lowest BCUT2D eigenvalue weighted by Gasteiger charge is -2.40. The van der Waals surface area contributed by atoms with Gasteiger partial charge in [0.05, 0.1) is 17.9 Å². The van der Waals surface area contributed by atoms with Crippen LogP contribution in [0.2, 0.25) is 0 Å². The Morgan fingerprint density at radius 3 is 2.55 bits per heavy atom. The van der Waals surface area contributed by atoms with E-state index in [1.165, 1.54) is 19.3 Å². The summed E-state index contributed by atoms with van der Waals surface area (Å²) in [6.45, 7) is 8.47. The number of piperidine rings is 1. The fourth-order valence-corrected chi connectivity index (χ4v) is 3.32. The molecule has 2 atom stereocenters. The minimum atomic E-state index is -0.375. The van der Waals surface area contributed by atoms with Crippen molar-refractivity contribution in [2.75, 3.05) is 20.2 Å². The first-order valence-electron chi connectivity index (χ1n) is 7.66. The fourth-order valence-electron chi connectivity index (χ4n) is 3.32. The average Bonchev–Trinajstić information content (AvgIpc) is 2.51. The lowest BCUT2D eigenvalue weighted by atomic mass is 9.79. The van der Waals surface area contributed by atoms with E-state index in [4.69, 9.17) is 4.84 Å². The minimum absolute atomic E-state index is 0.0925. The van der Waals surface area contributed by atoms with Crippen molar-refractivity contribution in [1.29, 1.82) is 0 Å². The predicted octanol–water partition coefficient (Wildman–Crippen LogP) is 2.58. The van der Waals surface area contributed by atoms with Gasteiger partial charge < -0.3 is 9.94 Å². The normalized spacial score (nSPS) is 33.6. The molecule has 1 saturated heterocycles. The molecule has 1 fully saturated rings. The molecule has 2 unspecified atom stereocenters. The molecule has 1 heterocycles. The van der Waals surface area contributed by atoms with Crippen LogP contribution in [-0.4, -0.2) is 48.1 Å². The number of hydrogen-bond donors (Lipinski definition) is 1. The molecule has 4 nitrogen and oxygen atoms in total. The molecule has 0 amide bonds. The summed E-state index contributed by atoms with van der Waals surface area (Å²) in [7, 11) is 1.58. The van der Waals surface area contributed by atoms with E-state index in [-0.39, 0.29) is 17.6 Å². The first kappa shape index (κ1) is 15.5. The number of oxime groups is 1. The fraction of sp³-hybridized carbons (Fsp3) is 0.812. The van der Waals surface area contributed by atoms with E-state index in [9.17, 15) is 5.11 Å². The lowest BCUT2D eigenvalue weighted by molar-refractivity contribution is -0.0106. The first-order valence-corrected chi connectivity index (χ1v) is 7.66. The van der Waals surface area contributed by atoms with Crippen molar-refractivity contribution in [3.8, 4) is 0 Å². The van der Waals surface area contributed by atoms with Crippen molar-refractivity contribution < 1.29 is 9.94 Å². The van der Waals surface area contributed by atoms with Crippen molar-refractivity contribution in [3.63, 3.8) is 0 Å². The zero-order valence-electron chi connectivity index (χ0n) is 13.2. The molecule has 114 valence electrons. The molecule has 1 N–H and O–H groups in total. The highest BCUT2D eigenvalue weighted by atomic mass is 16.6. The van der Waals surface area contributed by atoms with E-state index >= 15 is 0 Å². The van der Waals surface area contributed by atoms with Gasteiger partial charge in [-0.05, 0) is 43.8 Å². The van der Waals surface area contributed by atoms with Crippen LogP contribution in [0.5, 0.6) is 0 Å². The van der Waals surface area contributed by atoms with E-state index in [1.54, 1.807) is 7.11 Å². The Kier molecular flexibility index (Phi) is 4.86. The van der Waals surface area contributed by atoms with Crippen molar-refractivity contribution in [2.45, 2.75) is 58.6 Å². The van der Waals surface area contributed by atoms with E-state index in [0.717, 1.165) is 30.8 Å². The standard InChI is InChI=1S/C16H28N2O2/c1-12-10-14(18-8-6-5-7-9-18)15(19)16(2,3)11-13(12)17-20-4/h10,14-15,19H,5-9,11H2,1-4H3/b17-13+. The number of allylic oxidation sites excluding steroid dienone is 1. The van der Waals surface area contributed by atoms with E-state index in [1.807, 2.05) is 0 Å². The van der Waals surface area contributed by atoms with Gasteiger partial charge in [-0.1, -0.05) is 31.5 Å². The molecule has 0 aromatic rings. The zero-order chi connectivity index (χ0) is 14.8. The Morgan fingerprint density at radius 1 is 1.30 bits per heavy atom. The van der Waals surface area contributed by atoms with Gasteiger partial charge in [0.1, 0.15) is 7.11 Å². The van der Waals surface area contributed by atoms with Crippen molar-refractivity contribution in [3.05, 3.63) is 11.6 Å². The molecule has 4 heteroatoms. The van der Waals surface area contributed by atoms with Gasteiger partial charge in [-0.3, -0.25) is 4.90 Å². The first-order chi connectivity index (χ1) is 9.45. The Morgan fingerprint density at radius 2 is 1.95 bits per heavy atom. The quantitative estimate of drug-likeness (QED) is 0.791. The van der Waals surface area contributed by atoms with E-state index in [2.05, 4.69) is 36.9 Å². The van der Waals surface area contributed by atoms with Gasteiger partial charge in [0.25, 0.3) is 0 Å². The Hall–Kier alpha value is -0.870. The summed E-state index contributed by atoms with van der Waals surface area (Å²) in [4.78, 5) is 7.39. The lowest BCUT2D eigenvalue weighted by Crippen LogP contribution is -2.50. The van der Waals surface area contributed by atoms with Crippen LogP contribution in [0.1, 0.15) is 46.5 Å². The maximum absolute atomic E-state index is 10.9. The molecular weight excluding hydrogens is 252 g/mol. The number of rotatable bonds is 2. The number of hydrogen-bond acceptors (Lipinski definition) is 4. The molecule has 1 aliphatic heterocycles. The molecule has 2 rings (SSSR count). The Bertz CT molecular complexity index is 395. The molecule has 0 aromatic carbocycles. The maximum Gasteiger partial charge on any atom is 0.106 e.